The van der Waals surface area contributed by atoms with Crippen molar-refractivity contribution in [3.05, 3.63) is 40.4 Å². The van der Waals surface area contributed by atoms with Crippen molar-refractivity contribution in [1.29, 1.82) is 0 Å². The molecule has 2 aromatic rings. The summed E-state index contributed by atoms with van der Waals surface area (Å²) in [6, 6.07) is 6.94. The van der Waals surface area contributed by atoms with Crippen molar-refractivity contribution in [3.8, 4) is 0 Å². The second-order valence-electron chi connectivity index (χ2n) is 6.23. The second-order valence-corrected chi connectivity index (χ2v) is 6.23. The largest absolute Gasteiger partial charge is 0.393 e. The Balaban J connectivity index is 1.80. The van der Waals surface area contributed by atoms with Crippen molar-refractivity contribution < 1.29 is 9.90 Å². The zero-order chi connectivity index (χ0) is 16.4. The second kappa shape index (κ2) is 6.50. The fraction of sp³-hybridized carbons (Fsp3) is 0.471. The van der Waals surface area contributed by atoms with Gasteiger partial charge in [0.15, 0.2) is 5.82 Å². The van der Waals surface area contributed by atoms with Crippen LogP contribution in [0.2, 0.25) is 0 Å². The number of aromatic nitrogens is 2. The van der Waals surface area contributed by atoms with E-state index in [0.29, 0.717) is 17.4 Å². The van der Waals surface area contributed by atoms with Crippen LogP contribution in [0.25, 0.3) is 10.9 Å². The molecule has 1 aromatic carbocycles. The molecule has 0 saturated heterocycles. The Morgan fingerprint density at radius 1 is 1.35 bits per heavy atom. The van der Waals surface area contributed by atoms with Gasteiger partial charge in [-0.05, 0) is 25.0 Å². The number of aliphatic hydroxyl groups is 1. The number of rotatable bonds is 3. The van der Waals surface area contributed by atoms with E-state index in [1.54, 1.807) is 31.3 Å². The minimum Gasteiger partial charge on any atom is -0.393 e. The molecule has 2 atom stereocenters. The summed E-state index contributed by atoms with van der Waals surface area (Å²) in [6.45, 7) is 0.469. The molecule has 6 nitrogen and oxygen atoms in total. The number of amides is 1. The van der Waals surface area contributed by atoms with Crippen molar-refractivity contribution in [2.75, 3.05) is 13.6 Å². The van der Waals surface area contributed by atoms with Gasteiger partial charge in [-0.2, -0.15) is 0 Å². The average Bonchev–Trinajstić information content (AvgIpc) is 2.56. The number of nitrogens with zero attached hydrogens (tertiary/aromatic N) is 2. The molecule has 1 aromatic heterocycles. The molecule has 3 rings (SSSR count). The summed E-state index contributed by atoms with van der Waals surface area (Å²) < 4.78 is 0. The van der Waals surface area contributed by atoms with Crippen LogP contribution in [0.4, 0.5) is 0 Å². The lowest BCUT2D eigenvalue weighted by Crippen LogP contribution is -2.39. The van der Waals surface area contributed by atoms with E-state index in [-0.39, 0.29) is 29.3 Å². The fourth-order valence-corrected chi connectivity index (χ4v) is 3.20. The summed E-state index contributed by atoms with van der Waals surface area (Å²) in [4.78, 5) is 32.9. The molecule has 23 heavy (non-hydrogen) atoms. The molecule has 0 spiro atoms. The van der Waals surface area contributed by atoms with Gasteiger partial charge in [0.05, 0.1) is 17.0 Å². The van der Waals surface area contributed by atoms with E-state index >= 15 is 0 Å². The van der Waals surface area contributed by atoms with Crippen molar-refractivity contribution in [3.63, 3.8) is 0 Å². The molecule has 1 amide bonds. The molecular weight excluding hydrogens is 294 g/mol. The molecule has 1 aliphatic carbocycles. The lowest BCUT2D eigenvalue weighted by atomic mass is 9.86. The number of carbonyl (C=O) groups excluding carboxylic acids is 1. The number of aliphatic hydroxyl groups excluding tert-OH is 1. The van der Waals surface area contributed by atoms with E-state index in [0.717, 1.165) is 25.7 Å². The number of hydrogen-bond donors (Lipinski definition) is 2. The number of aromatic amines is 1. The summed E-state index contributed by atoms with van der Waals surface area (Å²) in [7, 11) is 1.68. The lowest BCUT2D eigenvalue weighted by molar-refractivity contribution is 0.0446. The van der Waals surface area contributed by atoms with Crippen LogP contribution in [0, 0.1) is 5.92 Å². The average molecular weight is 315 g/mol. The maximum absolute atomic E-state index is 12.5. The molecule has 0 bridgehead atoms. The monoisotopic (exact) mass is 315 g/mol. The van der Waals surface area contributed by atoms with Gasteiger partial charge < -0.3 is 15.0 Å². The number of fused-ring (bicyclic) bond motifs is 1. The fourth-order valence-electron chi connectivity index (χ4n) is 3.20. The first-order chi connectivity index (χ1) is 11.1. The summed E-state index contributed by atoms with van der Waals surface area (Å²) >= 11 is 0. The molecule has 1 saturated carbocycles. The van der Waals surface area contributed by atoms with Gasteiger partial charge in [0.2, 0.25) is 0 Å². The highest BCUT2D eigenvalue weighted by molar-refractivity contribution is 5.92. The topological polar surface area (TPSA) is 86.3 Å². The zero-order valence-electron chi connectivity index (χ0n) is 13.2. The lowest BCUT2D eigenvalue weighted by Gasteiger charge is -2.31. The minimum absolute atomic E-state index is 0.0431. The highest BCUT2D eigenvalue weighted by Gasteiger charge is 2.26. The van der Waals surface area contributed by atoms with Crippen LogP contribution in [-0.2, 0) is 0 Å². The standard InChI is InChI=1S/C17H21N3O3/c1-20(10-11-6-2-5-9-14(11)21)17(23)15-18-13-8-4-3-7-12(13)16(22)19-15/h3-4,7-8,11,14,21H,2,5-6,9-10H2,1H3,(H,18,19,22). The highest BCUT2D eigenvalue weighted by Crippen LogP contribution is 2.25. The molecule has 0 radical (unpaired) electrons. The maximum Gasteiger partial charge on any atom is 0.289 e. The predicted octanol–water partition coefficient (Wildman–Crippen LogP) is 1.55. The molecule has 6 heteroatoms. The first-order valence-corrected chi connectivity index (χ1v) is 7.99. The first-order valence-electron chi connectivity index (χ1n) is 7.99. The van der Waals surface area contributed by atoms with Crippen LogP contribution in [0.1, 0.15) is 36.3 Å². The third-order valence-corrected chi connectivity index (χ3v) is 4.54. The van der Waals surface area contributed by atoms with E-state index in [4.69, 9.17) is 0 Å². The number of carbonyl (C=O) groups is 1. The Bertz CT molecular complexity index is 771. The summed E-state index contributed by atoms with van der Waals surface area (Å²) in [5.74, 6) is -0.197. The van der Waals surface area contributed by atoms with Crippen LogP contribution in [0.15, 0.2) is 29.1 Å². The van der Waals surface area contributed by atoms with Gasteiger partial charge in [-0.25, -0.2) is 4.98 Å². The zero-order valence-corrected chi connectivity index (χ0v) is 13.2. The number of nitrogens with one attached hydrogen (secondary N) is 1. The molecule has 2 unspecified atom stereocenters. The van der Waals surface area contributed by atoms with Crippen LogP contribution in [-0.4, -0.2) is 45.6 Å². The Kier molecular flexibility index (Phi) is 4.43. The van der Waals surface area contributed by atoms with Gasteiger partial charge >= 0.3 is 0 Å². The van der Waals surface area contributed by atoms with Gasteiger partial charge in [-0.15, -0.1) is 0 Å². The maximum atomic E-state index is 12.5. The van der Waals surface area contributed by atoms with Gasteiger partial charge in [-0.1, -0.05) is 25.0 Å². The number of H-pyrrole nitrogens is 1. The van der Waals surface area contributed by atoms with Crippen LogP contribution < -0.4 is 5.56 Å². The van der Waals surface area contributed by atoms with Gasteiger partial charge in [0.25, 0.3) is 11.5 Å². The Morgan fingerprint density at radius 2 is 2.09 bits per heavy atom. The Morgan fingerprint density at radius 3 is 2.87 bits per heavy atom. The summed E-state index contributed by atoms with van der Waals surface area (Å²) in [5, 5.41) is 10.5. The van der Waals surface area contributed by atoms with E-state index in [1.807, 2.05) is 0 Å². The predicted molar refractivity (Wildman–Crippen MR) is 87.3 cm³/mol. The first kappa shape index (κ1) is 15.7. The van der Waals surface area contributed by atoms with Crippen molar-refractivity contribution in [1.82, 2.24) is 14.9 Å². The van der Waals surface area contributed by atoms with Crippen molar-refractivity contribution in [2.24, 2.45) is 5.92 Å². The molecule has 1 aliphatic rings. The third-order valence-electron chi connectivity index (χ3n) is 4.54. The van der Waals surface area contributed by atoms with E-state index in [9.17, 15) is 14.7 Å². The molecule has 0 aliphatic heterocycles. The van der Waals surface area contributed by atoms with Gasteiger partial charge in [-0.3, -0.25) is 9.59 Å². The molecule has 122 valence electrons. The molecule has 1 fully saturated rings. The minimum atomic E-state index is -0.359. The smallest absolute Gasteiger partial charge is 0.289 e. The molecule has 2 N–H and O–H groups in total. The highest BCUT2D eigenvalue weighted by atomic mass is 16.3. The van der Waals surface area contributed by atoms with Crippen molar-refractivity contribution in [2.45, 2.75) is 31.8 Å². The van der Waals surface area contributed by atoms with Gasteiger partial charge in [0.1, 0.15) is 0 Å². The Labute approximate surface area is 134 Å². The quantitative estimate of drug-likeness (QED) is 0.899. The van der Waals surface area contributed by atoms with Crippen LogP contribution in [0.3, 0.4) is 0 Å². The molecular formula is C17H21N3O3. The van der Waals surface area contributed by atoms with Gasteiger partial charge in [0, 0.05) is 19.5 Å². The molecule has 1 heterocycles. The van der Waals surface area contributed by atoms with Crippen LogP contribution >= 0.6 is 0 Å². The van der Waals surface area contributed by atoms with E-state index < -0.39 is 0 Å². The van der Waals surface area contributed by atoms with E-state index in [1.165, 1.54) is 4.90 Å². The van der Waals surface area contributed by atoms with E-state index in [2.05, 4.69) is 9.97 Å². The third kappa shape index (κ3) is 3.27. The number of benzene rings is 1. The number of para-hydroxylation sites is 1. The number of hydrogen-bond acceptors (Lipinski definition) is 4. The van der Waals surface area contributed by atoms with Crippen molar-refractivity contribution >= 4 is 16.8 Å². The SMILES string of the molecule is CN(CC1CCCCC1O)C(=O)c1nc2ccccc2c(=O)[nH]1. The normalized spacial score (nSPS) is 21.3. The summed E-state index contributed by atoms with van der Waals surface area (Å²) in [5.41, 5.74) is 0.191. The summed E-state index contributed by atoms with van der Waals surface area (Å²) in [6.07, 6.45) is 3.46. The Hall–Kier alpha value is -2.21. The van der Waals surface area contributed by atoms with Crippen LogP contribution in [0.5, 0.6) is 0 Å².